The number of hydrogen-bond acceptors (Lipinski definition) is 1. The van der Waals surface area contributed by atoms with Gasteiger partial charge in [0.15, 0.2) is 5.78 Å². The Morgan fingerprint density at radius 3 is 2.25 bits per heavy atom. The third-order valence-corrected chi connectivity index (χ3v) is 4.38. The van der Waals surface area contributed by atoms with Crippen molar-refractivity contribution in [1.29, 1.82) is 0 Å². The molecule has 0 aliphatic heterocycles. The number of rotatable bonds is 3. The molecule has 0 aromatic carbocycles. The van der Waals surface area contributed by atoms with Crippen LogP contribution in [0, 0.1) is 5.41 Å². The van der Waals surface area contributed by atoms with Crippen LogP contribution in [0.2, 0.25) is 19.6 Å². The molecule has 0 spiro atoms. The molecule has 1 rings (SSSR count). The Hall–Kier alpha value is -0.633. The third-order valence-electron chi connectivity index (χ3n) is 3.21. The molecule has 1 aliphatic rings. The average molecular weight is 236 g/mol. The first-order valence-corrected chi connectivity index (χ1v) is 9.65. The summed E-state index contributed by atoms with van der Waals surface area (Å²) >= 11 is 0. The lowest BCUT2D eigenvalue weighted by atomic mass is 9.83. The Labute approximate surface area is 101 Å². The summed E-state index contributed by atoms with van der Waals surface area (Å²) in [7, 11) is -1.26. The molecular weight excluding hydrogens is 212 g/mol. The van der Waals surface area contributed by atoms with Gasteiger partial charge in [-0.05, 0) is 31.3 Å². The van der Waals surface area contributed by atoms with Gasteiger partial charge >= 0.3 is 0 Å². The van der Waals surface area contributed by atoms with E-state index in [-0.39, 0.29) is 11.2 Å². The van der Waals surface area contributed by atoms with Gasteiger partial charge in [0.05, 0.1) is 8.07 Å². The van der Waals surface area contributed by atoms with Crippen molar-refractivity contribution < 1.29 is 4.79 Å². The summed E-state index contributed by atoms with van der Waals surface area (Å²) in [6, 6.07) is 0. The summed E-state index contributed by atoms with van der Waals surface area (Å²) in [6.07, 6.45) is 4.01. The molecule has 16 heavy (non-hydrogen) atoms. The van der Waals surface area contributed by atoms with E-state index in [4.69, 9.17) is 0 Å². The topological polar surface area (TPSA) is 17.1 Å². The Balaban J connectivity index is 2.91. The van der Waals surface area contributed by atoms with E-state index in [2.05, 4.69) is 46.1 Å². The van der Waals surface area contributed by atoms with Crippen LogP contribution in [0.4, 0.5) is 0 Å². The average Bonchev–Trinajstić information content (AvgIpc) is 2.36. The van der Waals surface area contributed by atoms with E-state index < -0.39 is 8.07 Å². The van der Waals surface area contributed by atoms with Crippen molar-refractivity contribution in [1.82, 2.24) is 0 Å². The highest BCUT2D eigenvalue weighted by Crippen LogP contribution is 2.42. The van der Waals surface area contributed by atoms with E-state index in [0.717, 1.165) is 18.4 Å². The lowest BCUT2D eigenvalue weighted by Crippen LogP contribution is -2.19. The second-order valence-corrected chi connectivity index (χ2v) is 11.7. The number of allylic oxidation sites excluding steroid dienone is 3. The van der Waals surface area contributed by atoms with E-state index in [1.165, 1.54) is 5.57 Å². The van der Waals surface area contributed by atoms with Crippen LogP contribution in [0.5, 0.6) is 0 Å². The fourth-order valence-electron chi connectivity index (χ4n) is 2.28. The van der Waals surface area contributed by atoms with Crippen molar-refractivity contribution in [2.45, 2.75) is 53.3 Å². The van der Waals surface area contributed by atoms with Crippen molar-refractivity contribution in [3.05, 3.63) is 22.9 Å². The summed E-state index contributed by atoms with van der Waals surface area (Å²) in [5.41, 5.74) is 4.56. The molecule has 0 aromatic heterocycles. The highest BCUT2D eigenvalue weighted by Gasteiger charge is 2.33. The van der Waals surface area contributed by atoms with Gasteiger partial charge in [0.1, 0.15) is 0 Å². The van der Waals surface area contributed by atoms with E-state index in [0.29, 0.717) is 0 Å². The van der Waals surface area contributed by atoms with Crippen molar-refractivity contribution >= 4 is 13.9 Å². The van der Waals surface area contributed by atoms with Crippen LogP contribution >= 0.6 is 0 Å². The van der Waals surface area contributed by atoms with Gasteiger partial charge in [0.25, 0.3) is 0 Å². The molecule has 0 saturated carbocycles. The van der Waals surface area contributed by atoms with Crippen molar-refractivity contribution in [3.63, 3.8) is 0 Å². The fourth-order valence-corrected chi connectivity index (χ4v) is 2.93. The van der Waals surface area contributed by atoms with Crippen LogP contribution in [0.1, 0.15) is 33.6 Å². The maximum atomic E-state index is 12.2. The van der Waals surface area contributed by atoms with E-state index >= 15 is 0 Å². The number of carbonyl (C=O) groups excluding carboxylic acids is 1. The Morgan fingerprint density at radius 2 is 1.88 bits per heavy atom. The summed E-state index contributed by atoms with van der Waals surface area (Å²) in [5, 5.41) is 0. The molecule has 0 saturated heterocycles. The Bertz CT molecular complexity index is 353. The van der Waals surface area contributed by atoms with Crippen molar-refractivity contribution in [2.75, 3.05) is 0 Å². The number of ketones is 1. The van der Waals surface area contributed by atoms with Gasteiger partial charge in [-0.3, -0.25) is 4.79 Å². The molecule has 0 N–H and O–H groups in total. The summed E-state index contributed by atoms with van der Waals surface area (Å²) < 4.78 is 0. The third kappa shape index (κ3) is 3.18. The van der Waals surface area contributed by atoms with Crippen LogP contribution in [0.15, 0.2) is 22.9 Å². The van der Waals surface area contributed by atoms with Gasteiger partial charge in [-0.2, -0.15) is 0 Å². The Morgan fingerprint density at radius 1 is 1.31 bits per heavy atom. The molecule has 0 radical (unpaired) electrons. The maximum Gasteiger partial charge on any atom is 0.181 e. The molecule has 0 amide bonds. The predicted octanol–water partition coefficient (Wildman–Crippen LogP) is 4.13. The van der Waals surface area contributed by atoms with Crippen LogP contribution in [0.3, 0.4) is 0 Å². The van der Waals surface area contributed by atoms with Gasteiger partial charge in [0, 0.05) is 5.57 Å². The van der Waals surface area contributed by atoms with Gasteiger partial charge in [0.2, 0.25) is 0 Å². The molecular formula is C14H24OSi. The lowest BCUT2D eigenvalue weighted by Gasteiger charge is -2.21. The maximum absolute atomic E-state index is 12.2. The van der Waals surface area contributed by atoms with Gasteiger partial charge in [-0.25, -0.2) is 0 Å². The minimum atomic E-state index is -1.26. The first-order chi connectivity index (χ1) is 7.13. The molecule has 2 heteroatoms. The zero-order valence-corrected chi connectivity index (χ0v) is 12.5. The molecule has 0 fully saturated rings. The highest BCUT2D eigenvalue weighted by atomic mass is 28.3. The molecule has 0 bridgehead atoms. The predicted molar refractivity (Wildman–Crippen MR) is 73.2 cm³/mol. The van der Waals surface area contributed by atoms with Gasteiger partial charge in [-0.1, -0.05) is 44.8 Å². The normalized spacial score (nSPS) is 20.9. The second-order valence-electron chi connectivity index (χ2n) is 6.60. The molecule has 1 aliphatic carbocycles. The van der Waals surface area contributed by atoms with Gasteiger partial charge < -0.3 is 0 Å². The molecule has 0 heterocycles. The van der Waals surface area contributed by atoms with Crippen LogP contribution in [-0.4, -0.2) is 13.9 Å². The lowest BCUT2D eigenvalue weighted by molar-refractivity contribution is -0.112. The first-order valence-electron chi connectivity index (χ1n) is 6.07. The smallest absolute Gasteiger partial charge is 0.181 e. The molecule has 0 unspecified atom stereocenters. The van der Waals surface area contributed by atoms with E-state index in [9.17, 15) is 4.79 Å². The zero-order chi connectivity index (χ0) is 12.6. The number of carbonyl (C=O) groups is 1. The molecule has 0 aromatic rings. The number of hydrogen-bond donors (Lipinski definition) is 0. The SMILES string of the molecule is CC1=C(C(=O)/C=C/[Si](C)(C)C)C(C)(C)CC1. The zero-order valence-electron chi connectivity index (χ0n) is 11.5. The minimum Gasteiger partial charge on any atom is -0.290 e. The van der Waals surface area contributed by atoms with E-state index in [1.807, 2.05) is 6.08 Å². The second kappa shape index (κ2) is 4.32. The van der Waals surface area contributed by atoms with Gasteiger partial charge in [-0.15, -0.1) is 0 Å². The van der Waals surface area contributed by atoms with Crippen LogP contribution in [-0.2, 0) is 4.79 Å². The highest BCUT2D eigenvalue weighted by molar-refractivity contribution is 6.81. The molecule has 1 nitrogen and oxygen atoms in total. The van der Waals surface area contributed by atoms with Crippen molar-refractivity contribution in [2.24, 2.45) is 5.41 Å². The molecule has 0 atom stereocenters. The standard InChI is InChI=1S/C14H24OSi/c1-11-7-9-14(2,3)13(11)12(15)8-10-16(4,5)6/h8,10H,7,9H2,1-6H3/b10-8+. The molecule has 90 valence electrons. The first kappa shape index (κ1) is 13.4. The van der Waals surface area contributed by atoms with E-state index in [1.54, 1.807) is 0 Å². The van der Waals surface area contributed by atoms with Crippen molar-refractivity contribution in [3.8, 4) is 0 Å². The van der Waals surface area contributed by atoms with Crippen LogP contribution < -0.4 is 0 Å². The fraction of sp³-hybridized carbons (Fsp3) is 0.643. The van der Waals surface area contributed by atoms with Crippen LogP contribution in [0.25, 0.3) is 0 Å². The monoisotopic (exact) mass is 236 g/mol. The quantitative estimate of drug-likeness (QED) is 0.532. The summed E-state index contributed by atoms with van der Waals surface area (Å²) in [5.74, 6) is 0.238. The largest absolute Gasteiger partial charge is 0.290 e. The summed E-state index contributed by atoms with van der Waals surface area (Å²) in [4.78, 5) is 12.2. The Kier molecular flexibility index (Phi) is 3.63. The minimum absolute atomic E-state index is 0.0744. The summed E-state index contributed by atoms with van der Waals surface area (Å²) in [6.45, 7) is 13.2.